The lowest BCUT2D eigenvalue weighted by molar-refractivity contribution is -0.132. The molecule has 6 rings (SSSR count). The van der Waals surface area contributed by atoms with Gasteiger partial charge in [-0.3, -0.25) is 9.69 Å². The van der Waals surface area contributed by atoms with Crippen LogP contribution in [0.1, 0.15) is 30.9 Å². The number of piperidine rings is 1. The molecule has 3 aliphatic rings. The van der Waals surface area contributed by atoms with E-state index in [1.165, 1.54) is 62.9 Å². The van der Waals surface area contributed by atoms with Crippen molar-refractivity contribution in [3.05, 3.63) is 70.9 Å². The number of sulfonamides is 1. The maximum absolute atomic E-state index is 15.0. The van der Waals surface area contributed by atoms with E-state index in [1.54, 1.807) is 17.9 Å². The zero-order chi connectivity index (χ0) is 34.9. The molecule has 13 nitrogen and oxygen atoms in total. The summed E-state index contributed by atoms with van der Waals surface area (Å²) in [5, 5.41) is 0.196. The number of likely N-dealkylation sites (tertiary alicyclic amines) is 1. The van der Waals surface area contributed by atoms with Crippen molar-refractivity contribution < 1.29 is 37.0 Å². The van der Waals surface area contributed by atoms with Crippen LogP contribution in [0.3, 0.4) is 0 Å². The minimum Gasteiger partial charge on any atom is -0.497 e. The normalized spacial score (nSPS) is 20.6. The molecule has 15 heteroatoms. The standard InChI is InChI=1S/C34H40ClN5O8S/c1-5-47-31-26(7-6-14-36-31)34(48-33(42)39-19-17-38(18-20-39)24-12-15-37(2)16-13-24)27-21-23(35)8-10-28(27)40(32(34)41)49(43,44)30-11-9-25(45-3)22-29(30)46-4/h6-11,14,21-22,24H,5,12-13,15-20H2,1-4H3. The topological polar surface area (TPSA) is 131 Å². The van der Waals surface area contributed by atoms with E-state index in [4.69, 9.17) is 30.5 Å². The fourth-order valence-corrected chi connectivity index (χ4v) is 8.58. The molecule has 1 atom stereocenters. The van der Waals surface area contributed by atoms with Crippen LogP contribution in [0, 0.1) is 0 Å². The molecule has 49 heavy (non-hydrogen) atoms. The lowest BCUT2D eigenvalue weighted by atomic mass is 9.87. The lowest BCUT2D eigenvalue weighted by Gasteiger charge is -2.42. The molecule has 0 radical (unpaired) electrons. The molecule has 2 aromatic carbocycles. The molecule has 0 saturated carbocycles. The van der Waals surface area contributed by atoms with Crippen molar-refractivity contribution in [2.24, 2.45) is 0 Å². The third-order valence-electron chi connectivity index (χ3n) is 9.38. The first-order valence-corrected chi connectivity index (χ1v) is 18.0. The summed E-state index contributed by atoms with van der Waals surface area (Å²) in [5.41, 5.74) is -2.26. The maximum Gasteiger partial charge on any atom is 0.411 e. The van der Waals surface area contributed by atoms with Crippen LogP contribution in [0.2, 0.25) is 5.02 Å². The Hall–Kier alpha value is -4.11. The number of fused-ring (bicyclic) bond motifs is 1. The van der Waals surface area contributed by atoms with Gasteiger partial charge in [0.25, 0.3) is 21.5 Å². The van der Waals surface area contributed by atoms with Gasteiger partial charge in [0, 0.05) is 55.1 Å². The van der Waals surface area contributed by atoms with Crippen LogP contribution in [-0.4, -0.2) is 113 Å². The van der Waals surface area contributed by atoms with Gasteiger partial charge in [-0.05, 0) is 82.4 Å². The van der Waals surface area contributed by atoms with E-state index in [1.807, 2.05) is 0 Å². The van der Waals surface area contributed by atoms with E-state index in [2.05, 4.69) is 21.8 Å². The SMILES string of the molecule is CCOc1ncccc1C1(OC(=O)N2CCN(C3CCN(C)CC3)CC2)C(=O)N(S(=O)(=O)c2ccc(OC)cc2OC)c2ccc(Cl)cc21. The Balaban J connectivity index is 1.43. The average Bonchev–Trinajstić information content (AvgIpc) is 3.36. The van der Waals surface area contributed by atoms with Gasteiger partial charge < -0.3 is 28.7 Å². The molecular weight excluding hydrogens is 674 g/mol. The molecule has 0 aliphatic carbocycles. The molecule has 4 heterocycles. The number of carbonyl (C=O) groups is 2. The number of pyridine rings is 1. The van der Waals surface area contributed by atoms with Crippen molar-refractivity contribution in [3.8, 4) is 17.4 Å². The largest absolute Gasteiger partial charge is 0.497 e. The fourth-order valence-electron chi connectivity index (χ4n) is 6.81. The Labute approximate surface area is 291 Å². The predicted octanol–water partition coefficient (Wildman–Crippen LogP) is 3.98. The highest BCUT2D eigenvalue weighted by molar-refractivity contribution is 7.93. The van der Waals surface area contributed by atoms with Crippen molar-refractivity contribution in [3.63, 3.8) is 0 Å². The number of benzene rings is 2. The molecule has 2 saturated heterocycles. The van der Waals surface area contributed by atoms with Gasteiger partial charge in [0.1, 0.15) is 16.4 Å². The van der Waals surface area contributed by atoms with Crippen molar-refractivity contribution in [2.45, 2.75) is 36.3 Å². The van der Waals surface area contributed by atoms with E-state index in [9.17, 15) is 13.2 Å². The number of anilines is 1. The van der Waals surface area contributed by atoms with E-state index >= 15 is 4.79 Å². The zero-order valence-corrected chi connectivity index (χ0v) is 29.5. The lowest BCUT2D eigenvalue weighted by Crippen LogP contribution is -2.55. The van der Waals surface area contributed by atoms with Crippen LogP contribution >= 0.6 is 11.6 Å². The van der Waals surface area contributed by atoms with Crippen molar-refractivity contribution in [2.75, 3.05) is 71.4 Å². The van der Waals surface area contributed by atoms with Gasteiger partial charge in [-0.25, -0.2) is 18.2 Å². The van der Waals surface area contributed by atoms with Crippen LogP contribution in [0.25, 0.3) is 0 Å². The number of nitrogens with zero attached hydrogens (tertiary/aromatic N) is 5. The summed E-state index contributed by atoms with van der Waals surface area (Å²) in [4.78, 5) is 39.5. The first-order valence-electron chi connectivity index (χ1n) is 16.2. The minimum absolute atomic E-state index is 0.00503. The molecule has 2 fully saturated rings. The summed E-state index contributed by atoms with van der Waals surface area (Å²) in [5.74, 6) is -0.747. The number of amides is 2. The smallest absolute Gasteiger partial charge is 0.411 e. The Morgan fingerprint density at radius 1 is 0.980 bits per heavy atom. The van der Waals surface area contributed by atoms with Crippen LogP contribution in [0.5, 0.6) is 17.4 Å². The van der Waals surface area contributed by atoms with Crippen LogP contribution in [0.4, 0.5) is 10.5 Å². The summed E-state index contributed by atoms with van der Waals surface area (Å²) >= 11 is 6.51. The molecule has 1 unspecified atom stereocenters. The number of rotatable bonds is 9. The van der Waals surface area contributed by atoms with Crippen molar-refractivity contribution in [1.82, 2.24) is 19.7 Å². The second-order valence-corrected chi connectivity index (χ2v) is 14.3. The second kappa shape index (κ2) is 14.0. The van der Waals surface area contributed by atoms with Gasteiger partial charge in [-0.1, -0.05) is 11.6 Å². The number of hydrogen-bond acceptors (Lipinski definition) is 11. The molecular formula is C34H40ClN5O8S. The highest BCUT2D eigenvalue weighted by Gasteiger charge is 2.61. The first-order chi connectivity index (χ1) is 23.5. The van der Waals surface area contributed by atoms with Crippen LogP contribution in [-0.2, 0) is 25.2 Å². The number of ether oxygens (including phenoxy) is 4. The minimum atomic E-state index is -4.69. The Morgan fingerprint density at radius 2 is 1.71 bits per heavy atom. The van der Waals surface area contributed by atoms with Crippen molar-refractivity contribution in [1.29, 1.82) is 0 Å². The second-order valence-electron chi connectivity index (χ2n) is 12.1. The third kappa shape index (κ3) is 6.26. The number of halogens is 1. The van der Waals surface area contributed by atoms with Gasteiger partial charge in [0.15, 0.2) is 0 Å². The Bertz CT molecular complexity index is 1830. The number of aromatic nitrogens is 1. The molecule has 0 N–H and O–H groups in total. The van der Waals surface area contributed by atoms with E-state index < -0.39 is 27.6 Å². The summed E-state index contributed by atoms with van der Waals surface area (Å²) < 4.78 is 52.6. The fraction of sp³-hybridized carbons (Fsp3) is 0.441. The molecule has 1 aromatic heterocycles. The van der Waals surface area contributed by atoms with Crippen LogP contribution in [0.15, 0.2) is 59.6 Å². The predicted molar refractivity (Wildman–Crippen MR) is 182 cm³/mol. The van der Waals surface area contributed by atoms with Gasteiger partial charge in [-0.15, -0.1) is 0 Å². The summed E-state index contributed by atoms with van der Waals surface area (Å²) in [6, 6.07) is 12.0. The number of methoxy groups -OCH3 is 2. The zero-order valence-electron chi connectivity index (χ0n) is 27.9. The highest BCUT2D eigenvalue weighted by Crippen LogP contribution is 2.52. The average molecular weight is 714 g/mol. The van der Waals surface area contributed by atoms with Gasteiger partial charge in [-0.2, -0.15) is 4.31 Å². The monoisotopic (exact) mass is 713 g/mol. The number of hydrogen-bond donors (Lipinski definition) is 0. The molecule has 0 bridgehead atoms. The highest BCUT2D eigenvalue weighted by atomic mass is 35.5. The Kier molecular flexibility index (Phi) is 9.94. The summed E-state index contributed by atoms with van der Waals surface area (Å²) in [6.45, 7) is 5.98. The summed E-state index contributed by atoms with van der Waals surface area (Å²) in [7, 11) is 0.187. The molecule has 0 spiro atoms. The molecule has 3 aromatic rings. The summed E-state index contributed by atoms with van der Waals surface area (Å²) in [6.07, 6.45) is 2.80. The van der Waals surface area contributed by atoms with Gasteiger partial charge >= 0.3 is 6.09 Å². The molecule has 262 valence electrons. The van der Waals surface area contributed by atoms with Crippen LogP contribution < -0.4 is 18.5 Å². The maximum atomic E-state index is 15.0. The molecule has 2 amide bonds. The van der Waals surface area contributed by atoms with E-state index in [0.29, 0.717) is 42.3 Å². The molecule has 3 aliphatic heterocycles. The quantitative estimate of drug-likeness (QED) is 0.319. The third-order valence-corrected chi connectivity index (χ3v) is 11.4. The Morgan fingerprint density at radius 3 is 2.39 bits per heavy atom. The number of piperazine rings is 1. The van der Waals surface area contributed by atoms with Gasteiger partial charge in [0.05, 0.1) is 32.1 Å². The van der Waals surface area contributed by atoms with E-state index in [0.717, 1.165) is 25.9 Å². The number of carbonyl (C=O) groups excluding carboxylic acids is 2. The van der Waals surface area contributed by atoms with Crippen molar-refractivity contribution >= 4 is 39.3 Å². The van der Waals surface area contributed by atoms with Gasteiger partial charge in [0.2, 0.25) is 5.88 Å². The van der Waals surface area contributed by atoms with E-state index in [-0.39, 0.29) is 45.0 Å². The first kappa shape index (κ1) is 34.7.